The number of hydrogen-bond donors (Lipinski definition) is 1. The maximum absolute atomic E-state index is 6.24. The van der Waals surface area contributed by atoms with Gasteiger partial charge >= 0.3 is 0 Å². The van der Waals surface area contributed by atoms with Crippen LogP contribution < -0.4 is 5.32 Å². The summed E-state index contributed by atoms with van der Waals surface area (Å²) in [6.07, 6.45) is 4.93. The summed E-state index contributed by atoms with van der Waals surface area (Å²) >= 11 is 6.24. The van der Waals surface area contributed by atoms with E-state index < -0.39 is 0 Å². The molecule has 1 aromatic rings. The molecule has 2 unspecified atom stereocenters. The molecule has 3 atom stereocenters. The largest absolute Gasteiger partial charge is 0.310 e. The van der Waals surface area contributed by atoms with Crippen molar-refractivity contribution in [3.8, 4) is 0 Å². The topological polar surface area (TPSA) is 12.0 Å². The van der Waals surface area contributed by atoms with Crippen LogP contribution >= 0.6 is 11.6 Å². The minimum absolute atomic E-state index is 0.315. The van der Waals surface area contributed by atoms with Crippen LogP contribution in [0.1, 0.15) is 45.2 Å². The molecule has 1 nitrogen and oxygen atoms in total. The number of allylic oxidation sites excluding steroid dienone is 2. The molecular formula is C17H24ClN. The molecule has 1 aliphatic rings. The standard InChI is InChI=1S/C17H24ClN/c1-12-8-13(2)10-15(9-12)11-19-14(3)16-6-4-5-7-17(16)18/h4-8,12,14-15,19H,9-11H2,1-3H3/t12?,14-,15?/m0/s1. The van der Waals surface area contributed by atoms with Crippen LogP contribution in [0, 0.1) is 11.8 Å². The van der Waals surface area contributed by atoms with E-state index in [2.05, 4.69) is 44.3 Å². The minimum atomic E-state index is 0.315. The monoisotopic (exact) mass is 277 g/mol. The second kappa shape index (κ2) is 6.58. The average molecular weight is 278 g/mol. The molecule has 0 aromatic heterocycles. The number of halogens is 1. The van der Waals surface area contributed by atoms with Gasteiger partial charge in [0.2, 0.25) is 0 Å². The van der Waals surface area contributed by atoms with Crippen LogP contribution in [-0.2, 0) is 0 Å². The number of benzene rings is 1. The van der Waals surface area contributed by atoms with Crippen LogP contribution in [0.15, 0.2) is 35.9 Å². The fraction of sp³-hybridized carbons (Fsp3) is 0.529. The van der Waals surface area contributed by atoms with Crippen LogP contribution in [0.5, 0.6) is 0 Å². The van der Waals surface area contributed by atoms with Gasteiger partial charge in [0.25, 0.3) is 0 Å². The smallest absolute Gasteiger partial charge is 0.0453 e. The Labute approximate surface area is 122 Å². The van der Waals surface area contributed by atoms with Crippen molar-refractivity contribution in [2.75, 3.05) is 6.54 Å². The molecule has 1 N–H and O–H groups in total. The van der Waals surface area contributed by atoms with Gasteiger partial charge in [-0.3, -0.25) is 0 Å². The van der Waals surface area contributed by atoms with Crippen molar-refractivity contribution < 1.29 is 0 Å². The lowest BCUT2D eigenvalue weighted by atomic mass is 9.83. The van der Waals surface area contributed by atoms with Crippen LogP contribution in [-0.4, -0.2) is 6.54 Å². The van der Waals surface area contributed by atoms with Crippen molar-refractivity contribution in [2.45, 2.75) is 39.7 Å². The molecule has 0 spiro atoms. The number of hydrogen-bond acceptors (Lipinski definition) is 1. The molecule has 0 radical (unpaired) electrons. The van der Waals surface area contributed by atoms with Crippen LogP contribution in [0.4, 0.5) is 0 Å². The summed E-state index contributed by atoms with van der Waals surface area (Å²) in [6, 6.07) is 8.42. The predicted octanol–water partition coefficient (Wildman–Crippen LogP) is 4.98. The Morgan fingerprint density at radius 2 is 2.11 bits per heavy atom. The Hall–Kier alpha value is -0.790. The summed E-state index contributed by atoms with van der Waals surface area (Å²) in [5.74, 6) is 1.47. The lowest BCUT2D eigenvalue weighted by Crippen LogP contribution is -2.28. The zero-order valence-corrected chi connectivity index (χ0v) is 12.9. The van der Waals surface area contributed by atoms with Crippen LogP contribution in [0.2, 0.25) is 5.02 Å². The van der Waals surface area contributed by atoms with Crippen molar-refractivity contribution >= 4 is 11.6 Å². The van der Waals surface area contributed by atoms with E-state index >= 15 is 0 Å². The lowest BCUT2D eigenvalue weighted by molar-refractivity contribution is 0.367. The second-order valence-electron chi connectivity index (χ2n) is 5.95. The molecule has 2 heteroatoms. The van der Waals surface area contributed by atoms with E-state index in [0.717, 1.165) is 23.4 Å². The van der Waals surface area contributed by atoms with Gasteiger partial charge in [0, 0.05) is 11.1 Å². The molecule has 0 heterocycles. The SMILES string of the molecule is CC1=CC(C)CC(CN[C@@H](C)c2ccccc2Cl)C1. The average Bonchev–Trinajstić information content (AvgIpc) is 2.35. The molecule has 2 rings (SSSR count). The molecule has 0 bridgehead atoms. The highest BCUT2D eigenvalue weighted by Gasteiger charge is 2.19. The van der Waals surface area contributed by atoms with E-state index in [9.17, 15) is 0 Å². The summed E-state index contributed by atoms with van der Waals surface area (Å²) in [5.41, 5.74) is 2.73. The molecule has 1 aromatic carbocycles. The highest BCUT2D eigenvalue weighted by Crippen LogP contribution is 2.28. The third-order valence-corrected chi connectivity index (χ3v) is 4.31. The normalized spacial score (nSPS) is 24.9. The zero-order valence-electron chi connectivity index (χ0n) is 12.1. The van der Waals surface area contributed by atoms with Gasteiger partial charge in [0.15, 0.2) is 0 Å². The van der Waals surface area contributed by atoms with Gasteiger partial charge < -0.3 is 5.32 Å². The fourth-order valence-corrected chi connectivity index (χ4v) is 3.42. The Bertz CT molecular complexity index is 452. The van der Waals surface area contributed by atoms with Gasteiger partial charge in [-0.25, -0.2) is 0 Å². The van der Waals surface area contributed by atoms with Crippen molar-refractivity contribution in [1.82, 2.24) is 5.32 Å². The van der Waals surface area contributed by atoms with Gasteiger partial charge in [0.1, 0.15) is 0 Å². The first-order valence-electron chi connectivity index (χ1n) is 7.21. The predicted molar refractivity (Wildman–Crippen MR) is 83.5 cm³/mol. The number of rotatable bonds is 4. The summed E-state index contributed by atoms with van der Waals surface area (Å²) in [5, 5.41) is 4.50. The Morgan fingerprint density at radius 1 is 1.37 bits per heavy atom. The second-order valence-corrected chi connectivity index (χ2v) is 6.35. The molecule has 19 heavy (non-hydrogen) atoms. The van der Waals surface area contributed by atoms with Gasteiger partial charge in [-0.15, -0.1) is 0 Å². The first kappa shape index (κ1) is 14.6. The van der Waals surface area contributed by atoms with Gasteiger partial charge in [-0.05, 0) is 56.7 Å². The van der Waals surface area contributed by atoms with E-state index in [-0.39, 0.29) is 0 Å². The highest BCUT2D eigenvalue weighted by molar-refractivity contribution is 6.31. The molecule has 0 amide bonds. The number of nitrogens with one attached hydrogen (secondary N) is 1. The van der Waals surface area contributed by atoms with E-state index in [1.807, 2.05) is 12.1 Å². The molecule has 0 saturated heterocycles. The van der Waals surface area contributed by atoms with Crippen LogP contribution in [0.25, 0.3) is 0 Å². The van der Waals surface area contributed by atoms with Crippen molar-refractivity contribution in [1.29, 1.82) is 0 Å². The first-order chi connectivity index (χ1) is 9.06. The van der Waals surface area contributed by atoms with Gasteiger partial charge in [0.05, 0.1) is 0 Å². The molecule has 0 saturated carbocycles. The molecular weight excluding hydrogens is 254 g/mol. The quantitative estimate of drug-likeness (QED) is 0.765. The molecule has 0 fully saturated rings. The van der Waals surface area contributed by atoms with E-state index in [4.69, 9.17) is 11.6 Å². The third-order valence-electron chi connectivity index (χ3n) is 3.97. The van der Waals surface area contributed by atoms with Crippen molar-refractivity contribution in [3.63, 3.8) is 0 Å². The maximum Gasteiger partial charge on any atom is 0.0453 e. The minimum Gasteiger partial charge on any atom is -0.310 e. The Morgan fingerprint density at radius 3 is 2.79 bits per heavy atom. The molecule has 0 aliphatic heterocycles. The van der Waals surface area contributed by atoms with Gasteiger partial charge in [-0.2, -0.15) is 0 Å². The van der Waals surface area contributed by atoms with E-state index in [1.54, 1.807) is 0 Å². The Balaban J connectivity index is 1.89. The third kappa shape index (κ3) is 4.09. The van der Waals surface area contributed by atoms with Crippen molar-refractivity contribution in [3.05, 3.63) is 46.5 Å². The van der Waals surface area contributed by atoms with Gasteiger partial charge in [-0.1, -0.05) is 48.4 Å². The summed E-state index contributed by atoms with van der Waals surface area (Å²) < 4.78 is 0. The summed E-state index contributed by atoms with van der Waals surface area (Å²) in [7, 11) is 0. The molecule has 1 aliphatic carbocycles. The van der Waals surface area contributed by atoms with Crippen LogP contribution in [0.3, 0.4) is 0 Å². The lowest BCUT2D eigenvalue weighted by Gasteiger charge is -2.27. The Kier molecular flexibility index (Phi) is 5.06. The van der Waals surface area contributed by atoms with E-state index in [0.29, 0.717) is 6.04 Å². The summed E-state index contributed by atoms with van der Waals surface area (Å²) in [6.45, 7) is 7.82. The van der Waals surface area contributed by atoms with E-state index in [1.165, 1.54) is 24.0 Å². The first-order valence-corrected chi connectivity index (χ1v) is 7.59. The maximum atomic E-state index is 6.24. The zero-order chi connectivity index (χ0) is 13.8. The molecule has 104 valence electrons. The summed E-state index contributed by atoms with van der Waals surface area (Å²) in [4.78, 5) is 0. The highest BCUT2D eigenvalue weighted by atomic mass is 35.5. The fourth-order valence-electron chi connectivity index (χ4n) is 3.12. The van der Waals surface area contributed by atoms with Crippen molar-refractivity contribution in [2.24, 2.45) is 11.8 Å².